The van der Waals surface area contributed by atoms with Crippen LogP contribution in [-0.4, -0.2) is 42.8 Å². The highest BCUT2D eigenvalue weighted by Crippen LogP contribution is 2.21. The van der Waals surface area contributed by atoms with Crippen LogP contribution in [0.2, 0.25) is 0 Å². The molecule has 0 atom stereocenters. The Morgan fingerprint density at radius 2 is 2.25 bits per heavy atom. The van der Waals surface area contributed by atoms with Crippen molar-refractivity contribution in [2.24, 2.45) is 5.92 Å². The molecule has 0 radical (unpaired) electrons. The number of carboxylic acid groups (broad SMARTS) is 1. The lowest BCUT2D eigenvalue weighted by molar-refractivity contribution is -0.131. The molecule has 20 heavy (non-hydrogen) atoms. The van der Waals surface area contributed by atoms with Crippen molar-refractivity contribution < 1.29 is 14.6 Å². The van der Waals surface area contributed by atoms with Gasteiger partial charge in [-0.3, -0.25) is 0 Å². The number of rotatable bonds is 6. The van der Waals surface area contributed by atoms with Crippen molar-refractivity contribution in [3.8, 4) is 0 Å². The number of ether oxygens (including phenoxy) is 1. The van der Waals surface area contributed by atoms with E-state index in [1.165, 1.54) is 11.0 Å². The fraction of sp³-hybridized carbons (Fsp3) is 0.533. The largest absolute Gasteiger partial charge is 0.478 e. The quantitative estimate of drug-likeness (QED) is 0.820. The number of carbonyl (C=O) groups is 1. The summed E-state index contributed by atoms with van der Waals surface area (Å²) in [7, 11) is 2.14. The van der Waals surface area contributed by atoms with Gasteiger partial charge in [-0.2, -0.15) is 0 Å². The number of thiophene rings is 1. The molecule has 0 spiro atoms. The van der Waals surface area contributed by atoms with Gasteiger partial charge in [0, 0.05) is 42.1 Å². The number of nitrogens with zero attached hydrogens (tertiary/aromatic N) is 1. The molecule has 1 aromatic heterocycles. The minimum absolute atomic E-state index is 0.736. The molecule has 0 bridgehead atoms. The van der Waals surface area contributed by atoms with E-state index >= 15 is 0 Å². The van der Waals surface area contributed by atoms with Gasteiger partial charge in [0.2, 0.25) is 0 Å². The molecule has 1 aliphatic heterocycles. The third kappa shape index (κ3) is 5.07. The molecule has 1 N–H and O–H groups in total. The lowest BCUT2D eigenvalue weighted by Crippen LogP contribution is -2.29. The fourth-order valence-electron chi connectivity index (χ4n) is 2.42. The van der Waals surface area contributed by atoms with Crippen LogP contribution < -0.4 is 0 Å². The molecule has 1 aliphatic rings. The lowest BCUT2D eigenvalue weighted by Gasteiger charge is -2.26. The van der Waals surface area contributed by atoms with E-state index < -0.39 is 5.97 Å². The predicted octanol–water partition coefficient (Wildman–Crippen LogP) is 2.70. The van der Waals surface area contributed by atoms with Crippen molar-refractivity contribution in [3.05, 3.63) is 28.0 Å². The summed E-state index contributed by atoms with van der Waals surface area (Å²) >= 11 is 1.65. The molecule has 0 unspecified atom stereocenters. The molecule has 2 rings (SSSR count). The highest BCUT2D eigenvalue weighted by molar-refractivity contribution is 7.12. The van der Waals surface area contributed by atoms with Gasteiger partial charge >= 0.3 is 5.97 Å². The second-order valence-electron chi connectivity index (χ2n) is 5.23. The third-order valence-electron chi connectivity index (χ3n) is 3.41. The number of hydrogen-bond acceptors (Lipinski definition) is 4. The maximum Gasteiger partial charge on any atom is 0.328 e. The summed E-state index contributed by atoms with van der Waals surface area (Å²) in [5, 5.41) is 8.61. The highest BCUT2D eigenvalue weighted by atomic mass is 32.1. The highest BCUT2D eigenvalue weighted by Gasteiger charge is 2.16. The van der Waals surface area contributed by atoms with Crippen LogP contribution in [0.5, 0.6) is 0 Å². The number of hydrogen-bond donors (Lipinski definition) is 1. The van der Waals surface area contributed by atoms with Gasteiger partial charge in [0.05, 0.1) is 0 Å². The summed E-state index contributed by atoms with van der Waals surface area (Å²) in [6, 6.07) is 4.05. The third-order valence-corrected chi connectivity index (χ3v) is 4.44. The van der Waals surface area contributed by atoms with Gasteiger partial charge in [-0.05, 0) is 44.0 Å². The van der Waals surface area contributed by atoms with Crippen molar-refractivity contribution in [2.75, 3.05) is 26.8 Å². The van der Waals surface area contributed by atoms with Gasteiger partial charge < -0.3 is 14.7 Å². The molecule has 1 fully saturated rings. The Bertz CT molecular complexity index is 463. The molecule has 4 nitrogen and oxygen atoms in total. The molecule has 0 aromatic carbocycles. The fourth-order valence-corrected chi connectivity index (χ4v) is 3.42. The molecular weight excluding hydrogens is 274 g/mol. The summed E-state index contributed by atoms with van der Waals surface area (Å²) in [5.41, 5.74) is 0. The summed E-state index contributed by atoms with van der Waals surface area (Å²) in [5.74, 6) is -0.170. The zero-order valence-electron chi connectivity index (χ0n) is 11.7. The van der Waals surface area contributed by atoms with E-state index in [0.29, 0.717) is 0 Å². The van der Waals surface area contributed by atoms with Gasteiger partial charge in [-0.25, -0.2) is 4.79 Å². The van der Waals surface area contributed by atoms with Crippen LogP contribution in [0.3, 0.4) is 0 Å². The maximum absolute atomic E-state index is 10.5. The van der Waals surface area contributed by atoms with Gasteiger partial charge in [0.25, 0.3) is 0 Å². The molecule has 5 heteroatoms. The standard InChI is InChI=1S/C15H21NO3S/c1-16(10-12-6-8-19-9-7-12)11-14-3-2-13(20-14)4-5-15(17)18/h2-5,12H,6-11H2,1H3,(H,17,18). The van der Waals surface area contributed by atoms with Crippen LogP contribution in [-0.2, 0) is 16.1 Å². The van der Waals surface area contributed by atoms with E-state index in [9.17, 15) is 4.79 Å². The van der Waals surface area contributed by atoms with Crippen molar-refractivity contribution in [1.29, 1.82) is 0 Å². The van der Waals surface area contributed by atoms with E-state index in [1.54, 1.807) is 17.4 Å². The lowest BCUT2D eigenvalue weighted by atomic mass is 10.00. The zero-order chi connectivity index (χ0) is 14.4. The molecule has 2 heterocycles. The van der Waals surface area contributed by atoms with Crippen molar-refractivity contribution in [3.63, 3.8) is 0 Å². The molecular formula is C15H21NO3S. The zero-order valence-corrected chi connectivity index (χ0v) is 12.6. The van der Waals surface area contributed by atoms with Crippen molar-refractivity contribution in [2.45, 2.75) is 19.4 Å². The van der Waals surface area contributed by atoms with Gasteiger partial charge in [0.15, 0.2) is 0 Å². The summed E-state index contributed by atoms with van der Waals surface area (Å²) in [6.45, 7) is 3.80. The second kappa shape index (κ2) is 7.57. The van der Waals surface area contributed by atoms with Crippen molar-refractivity contribution >= 4 is 23.4 Å². The van der Waals surface area contributed by atoms with Crippen LogP contribution in [0.1, 0.15) is 22.6 Å². The first kappa shape index (κ1) is 15.2. The molecule has 1 aromatic rings. The molecule has 0 saturated carbocycles. The summed E-state index contributed by atoms with van der Waals surface area (Å²) < 4.78 is 5.38. The first-order valence-corrected chi connectivity index (χ1v) is 7.71. The molecule has 0 aliphatic carbocycles. The van der Waals surface area contributed by atoms with Crippen LogP contribution in [0.15, 0.2) is 18.2 Å². The Labute approximate surface area is 123 Å². The van der Waals surface area contributed by atoms with Crippen molar-refractivity contribution in [1.82, 2.24) is 4.90 Å². The first-order valence-electron chi connectivity index (χ1n) is 6.89. The SMILES string of the molecule is CN(Cc1ccc(C=CC(=O)O)s1)CC1CCOCC1. The van der Waals surface area contributed by atoms with E-state index in [4.69, 9.17) is 9.84 Å². The minimum atomic E-state index is -0.906. The van der Waals surface area contributed by atoms with Crippen LogP contribution >= 0.6 is 11.3 Å². The normalized spacial score (nSPS) is 17.1. The topological polar surface area (TPSA) is 49.8 Å². The Balaban J connectivity index is 1.81. The monoisotopic (exact) mass is 295 g/mol. The van der Waals surface area contributed by atoms with E-state index in [1.807, 2.05) is 6.07 Å². The second-order valence-corrected chi connectivity index (χ2v) is 6.43. The van der Waals surface area contributed by atoms with Crippen LogP contribution in [0.25, 0.3) is 6.08 Å². The Morgan fingerprint density at radius 1 is 1.50 bits per heavy atom. The Morgan fingerprint density at radius 3 is 2.95 bits per heavy atom. The van der Waals surface area contributed by atoms with E-state index in [2.05, 4.69) is 18.0 Å². The Hall–Kier alpha value is -1.17. The summed E-state index contributed by atoms with van der Waals surface area (Å²) in [4.78, 5) is 15.1. The minimum Gasteiger partial charge on any atom is -0.478 e. The molecule has 1 saturated heterocycles. The maximum atomic E-state index is 10.5. The average molecular weight is 295 g/mol. The first-order chi connectivity index (χ1) is 9.63. The van der Waals surface area contributed by atoms with E-state index in [-0.39, 0.29) is 0 Å². The molecule has 110 valence electrons. The predicted molar refractivity (Wildman–Crippen MR) is 80.9 cm³/mol. The Kier molecular flexibility index (Phi) is 5.76. The van der Waals surface area contributed by atoms with Crippen LogP contribution in [0, 0.1) is 5.92 Å². The van der Waals surface area contributed by atoms with Crippen LogP contribution in [0.4, 0.5) is 0 Å². The summed E-state index contributed by atoms with van der Waals surface area (Å²) in [6.07, 6.45) is 5.14. The van der Waals surface area contributed by atoms with Gasteiger partial charge in [-0.15, -0.1) is 11.3 Å². The van der Waals surface area contributed by atoms with Gasteiger partial charge in [0.1, 0.15) is 0 Å². The number of aliphatic carboxylic acids is 1. The number of carboxylic acids is 1. The average Bonchev–Trinajstić information content (AvgIpc) is 2.85. The van der Waals surface area contributed by atoms with Gasteiger partial charge in [-0.1, -0.05) is 0 Å². The smallest absolute Gasteiger partial charge is 0.328 e. The molecule has 0 amide bonds. The van der Waals surface area contributed by atoms with E-state index in [0.717, 1.165) is 49.9 Å².